The SMILES string of the molecule is CC1(C)CN(Cc2ccc(C#N)cc2)CC[C@]1(O)c1ccc2c(n1)CN([C@H]1CCC(=O)NC1=O)C2=O. The fourth-order valence-corrected chi connectivity index (χ4v) is 5.65. The van der Waals surface area contributed by atoms with Crippen LogP contribution in [-0.2, 0) is 28.3 Å². The quantitative estimate of drug-likeness (QED) is 0.630. The number of rotatable bonds is 4. The van der Waals surface area contributed by atoms with Gasteiger partial charge in [-0.1, -0.05) is 26.0 Å². The molecule has 3 aliphatic rings. The van der Waals surface area contributed by atoms with Crippen LogP contribution in [0.3, 0.4) is 0 Å². The smallest absolute Gasteiger partial charge is 0.256 e. The van der Waals surface area contributed by atoms with E-state index in [1.54, 1.807) is 12.1 Å². The van der Waals surface area contributed by atoms with Gasteiger partial charge in [0.15, 0.2) is 0 Å². The van der Waals surface area contributed by atoms with Crippen molar-refractivity contribution in [2.75, 3.05) is 13.1 Å². The number of aliphatic hydroxyl groups is 1. The Balaban J connectivity index is 1.33. The van der Waals surface area contributed by atoms with Gasteiger partial charge in [-0.2, -0.15) is 5.26 Å². The van der Waals surface area contributed by atoms with Gasteiger partial charge in [-0.25, -0.2) is 0 Å². The average Bonchev–Trinajstić information content (AvgIpc) is 3.17. The number of nitriles is 1. The minimum absolute atomic E-state index is 0.176. The lowest BCUT2D eigenvalue weighted by atomic mass is 9.68. The molecule has 0 spiro atoms. The Morgan fingerprint density at radius 3 is 2.58 bits per heavy atom. The molecule has 1 aromatic heterocycles. The highest BCUT2D eigenvalue weighted by molar-refractivity contribution is 6.05. The van der Waals surface area contributed by atoms with E-state index in [0.29, 0.717) is 48.4 Å². The van der Waals surface area contributed by atoms with Crippen LogP contribution in [0.25, 0.3) is 0 Å². The third-order valence-electron chi connectivity index (χ3n) is 7.81. The number of nitrogens with zero attached hydrogens (tertiary/aromatic N) is 4. The lowest BCUT2D eigenvalue weighted by Gasteiger charge is -2.50. The Labute approximate surface area is 209 Å². The topological polar surface area (TPSA) is 127 Å². The summed E-state index contributed by atoms with van der Waals surface area (Å²) >= 11 is 0. The first-order valence-electron chi connectivity index (χ1n) is 12.2. The summed E-state index contributed by atoms with van der Waals surface area (Å²) in [6.45, 7) is 6.25. The third kappa shape index (κ3) is 4.06. The lowest BCUT2D eigenvalue weighted by molar-refractivity contribution is -0.137. The van der Waals surface area contributed by atoms with Gasteiger partial charge in [-0.15, -0.1) is 0 Å². The second kappa shape index (κ2) is 8.80. The monoisotopic (exact) mass is 487 g/mol. The first-order valence-corrected chi connectivity index (χ1v) is 12.2. The highest BCUT2D eigenvalue weighted by Crippen LogP contribution is 2.46. The number of hydrogen-bond donors (Lipinski definition) is 2. The third-order valence-corrected chi connectivity index (χ3v) is 7.81. The van der Waals surface area contributed by atoms with E-state index < -0.39 is 23.0 Å². The van der Waals surface area contributed by atoms with Crippen LogP contribution < -0.4 is 5.32 Å². The van der Waals surface area contributed by atoms with Crippen LogP contribution in [0.4, 0.5) is 0 Å². The number of nitrogens with one attached hydrogen (secondary N) is 1. The largest absolute Gasteiger partial charge is 0.383 e. The van der Waals surface area contributed by atoms with Crippen LogP contribution in [0.15, 0.2) is 36.4 Å². The van der Waals surface area contributed by atoms with Gasteiger partial charge in [0.25, 0.3) is 5.91 Å². The summed E-state index contributed by atoms with van der Waals surface area (Å²) in [7, 11) is 0. The standard InChI is InChI=1S/C27H29N5O4/c1-26(2)16-31(14-18-5-3-17(13-28)4-6-18)12-11-27(26,36)22-9-7-19-20(29-22)15-32(25(19)35)21-8-10-23(33)30-24(21)34/h3-7,9,21,36H,8,10-12,14-16H2,1-2H3,(H,30,33,34)/t21-,27-/m0/s1. The predicted molar refractivity (Wildman–Crippen MR) is 129 cm³/mol. The fraction of sp³-hybridized carbons (Fsp3) is 0.444. The molecule has 9 nitrogen and oxygen atoms in total. The zero-order valence-corrected chi connectivity index (χ0v) is 20.5. The first kappa shape index (κ1) is 24.1. The normalized spacial score (nSPS) is 25.9. The molecule has 1 aromatic carbocycles. The summed E-state index contributed by atoms with van der Waals surface area (Å²) in [6, 6.07) is 12.4. The van der Waals surface area contributed by atoms with E-state index in [-0.39, 0.29) is 24.8 Å². The van der Waals surface area contributed by atoms with Crippen molar-refractivity contribution >= 4 is 17.7 Å². The maximum atomic E-state index is 13.0. The van der Waals surface area contributed by atoms with Gasteiger partial charge in [0.05, 0.1) is 35.1 Å². The molecule has 0 bridgehead atoms. The number of piperidine rings is 2. The van der Waals surface area contributed by atoms with Crippen molar-refractivity contribution in [2.24, 2.45) is 5.41 Å². The number of hydrogen-bond acceptors (Lipinski definition) is 7. The number of aromatic nitrogens is 1. The number of likely N-dealkylation sites (tertiary alicyclic amines) is 1. The second-order valence-corrected chi connectivity index (χ2v) is 10.6. The van der Waals surface area contributed by atoms with Gasteiger partial charge in [0.1, 0.15) is 11.6 Å². The van der Waals surface area contributed by atoms with Crippen LogP contribution in [0.5, 0.6) is 0 Å². The van der Waals surface area contributed by atoms with E-state index in [9.17, 15) is 19.5 Å². The minimum Gasteiger partial charge on any atom is -0.383 e. The van der Waals surface area contributed by atoms with E-state index in [1.165, 1.54) is 4.90 Å². The highest BCUT2D eigenvalue weighted by Gasteiger charge is 2.50. The molecule has 5 rings (SSSR count). The Morgan fingerprint density at radius 1 is 1.17 bits per heavy atom. The number of carbonyl (C=O) groups excluding carboxylic acids is 3. The predicted octanol–water partition coefficient (Wildman–Crippen LogP) is 1.83. The van der Waals surface area contributed by atoms with Crippen molar-refractivity contribution < 1.29 is 19.5 Å². The van der Waals surface area contributed by atoms with Crippen molar-refractivity contribution in [3.8, 4) is 6.07 Å². The van der Waals surface area contributed by atoms with E-state index in [2.05, 4.69) is 16.3 Å². The summed E-state index contributed by atoms with van der Waals surface area (Å²) in [5.41, 5.74) is 1.54. The Kier molecular flexibility index (Phi) is 5.89. The summed E-state index contributed by atoms with van der Waals surface area (Å²) in [6.07, 6.45) is 0.971. The zero-order chi connectivity index (χ0) is 25.7. The van der Waals surface area contributed by atoms with Gasteiger partial charge in [0.2, 0.25) is 11.8 Å². The number of benzene rings is 1. The fourth-order valence-electron chi connectivity index (χ4n) is 5.65. The maximum absolute atomic E-state index is 13.0. The number of imide groups is 1. The van der Waals surface area contributed by atoms with Crippen LogP contribution in [0, 0.1) is 16.7 Å². The van der Waals surface area contributed by atoms with Crippen molar-refractivity contribution in [3.05, 3.63) is 64.5 Å². The molecule has 2 saturated heterocycles. The molecule has 0 radical (unpaired) electrons. The molecular weight excluding hydrogens is 458 g/mol. The van der Waals surface area contributed by atoms with Gasteiger partial charge >= 0.3 is 0 Å². The summed E-state index contributed by atoms with van der Waals surface area (Å²) in [4.78, 5) is 45.4. The van der Waals surface area contributed by atoms with Crippen molar-refractivity contribution in [3.63, 3.8) is 0 Å². The molecule has 4 heterocycles. The lowest BCUT2D eigenvalue weighted by Crippen LogP contribution is -2.55. The number of carbonyl (C=O) groups is 3. The van der Waals surface area contributed by atoms with Crippen LogP contribution in [0.2, 0.25) is 0 Å². The van der Waals surface area contributed by atoms with E-state index in [1.807, 2.05) is 38.1 Å². The highest BCUT2D eigenvalue weighted by atomic mass is 16.3. The molecule has 0 saturated carbocycles. The Morgan fingerprint density at radius 2 is 1.92 bits per heavy atom. The van der Waals surface area contributed by atoms with E-state index in [4.69, 9.17) is 10.2 Å². The molecule has 2 aromatic rings. The van der Waals surface area contributed by atoms with Crippen molar-refractivity contribution in [1.82, 2.24) is 20.1 Å². The zero-order valence-electron chi connectivity index (χ0n) is 20.5. The average molecular weight is 488 g/mol. The van der Waals surface area contributed by atoms with E-state index >= 15 is 0 Å². The van der Waals surface area contributed by atoms with Crippen LogP contribution in [0.1, 0.15) is 66.0 Å². The molecular formula is C27H29N5O4. The molecule has 0 unspecified atom stereocenters. The molecule has 3 amide bonds. The summed E-state index contributed by atoms with van der Waals surface area (Å²) < 4.78 is 0. The second-order valence-electron chi connectivity index (χ2n) is 10.6. The van der Waals surface area contributed by atoms with Gasteiger partial charge in [-0.3, -0.25) is 29.6 Å². The minimum atomic E-state index is -1.19. The van der Waals surface area contributed by atoms with Gasteiger partial charge < -0.3 is 10.0 Å². The summed E-state index contributed by atoms with van der Waals surface area (Å²) in [5.74, 6) is -1.06. The Hall–Kier alpha value is -3.61. The number of fused-ring (bicyclic) bond motifs is 1. The molecule has 3 aliphatic heterocycles. The van der Waals surface area contributed by atoms with Crippen molar-refractivity contribution in [2.45, 2.75) is 57.8 Å². The van der Waals surface area contributed by atoms with Crippen LogP contribution in [-0.4, -0.2) is 56.7 Å². The van der Waals surface area contributed by atoms with Crippen LogP contribution >= 0.6 is 0 Å². The van der Waals surface area contributed by atoms with Gasteiger partial charge in [0, 0.05) is 31.5 Å². The maximum Gasteiger partial charge on any atom is 0.256 e. The number of pyridine rings is 1. The first-order chi connectivity index (χ1) is 17.1. The molecule has 2 N–H and O–H groups in total. The van der Waals surface area contributed by atoms with Crippen molar-refractivity contribution in [1.29, 1.82) is 5.26 Å². The molecule has 9 heteroatoms. The Bertz CT molecular complexity index is 1280. The van der Waals surface area contributed by atoms with E-state index in [0.717, 1.165) is 12.1 Å². The summed E-state index contributed by atoms with van der Waals surface area (Å²) in [5, 5.41) is 23.2. The molecule has 186 valence electrons. The number of amides is 3. The molecule has 2 fully saturated rings. The molecule has 2 atom stereocenters. The molecule has 0 aliphatic carbocycles. The van der Waals surface area contributed by atoms with Gasteiger partial charge in [-0.05, 0) is 42.7 Å². The molecule has 36 heavy (non-hydrogen) atoms.